The maximum atomic E-state index is 13.3. The minimum Gasteiger partial charge on any atom is -0.493 e. The van der Waals surface area contributed by atoms with Crippen LogP contribution in [0, 0.1) is 0 Å². The number of benzene rings is 3. The van der Waals surface area contributed by atoms with Crippen molar-refractivity contribution in [3.05, 3.63) is 100 Å². The van der Waals surface area contributed by atoms with Crippen LogP contribution in [-0.4, -0.2) is 37.4 Å². The zero-order valence-corrected chi connectivity index (χ0v) is 20.1. The predicted molar refractivity (Wildman–Crippen MR) is 138 cm³/mol. The summed E-state index contributed by atoms with van der Waals surface area (Å²) in [7, 11) is 0. The first-order valence-corrected chi connectivity index (χ1v) is 12.7. The number of hydrogen-bond acceptors (Lipinski definition) is 6. The number of ether oxygens (including phenoxy) is 1. The van der Waals surface area contributed by atoms with Gasteiger partial charge >= 0.3 is 0 Å². The Bertz CT molecular complexity index is 1630. The molecular weight excluding hydrogens is 474 g/mol. The van der Waals surface area contributed by atoms with Crippen molar-refractivity contribution < 1.29 is 9.53 Å². The number of hydrogen-bond donors (Lipinski definition) is 1. The molecule has 2 aromatic heterocycles. The lowest BCUT2D eigenvalue weighted by Gasteiger charge is -2.26. The molecule has 1 aliphatic rings. The van der Waals surface area contributed by atoms with Gasteiger partial charge in [-0.15, -0.1) is 10.2 Å². The molecule has 0 aliphatic carbocycles. The number of carbonyl (C=O) groups is 1. The molecule has 3 aromatic carbocycles. The second-order valence-electron chi connectivity index (χ2n) is 8.60. The zero-order chi connectivity index (χ0) is 24.5. The first-order valence-electron chi connectivity index (χ1n) is 11.7. The van der Waals surface area contributed by atoms with Crippen LogP contribution in [0.3, 0.4) is 0 Å². The van der Waals surface area contributed by atoms with Gasteiger partial charge in [0.05, 0.1) is 35.8 Å². The van der Waals surface area contributed by atoms with Gasteiger partial charge < -0.3 is 10.1 Å². The Morgan fingerprint density at radius 1 is 1.00 bits per heavy atom. The lowest BCUT2D eigenvalue weighted by molar-refractivity contribution is -0.119. The molecule has 0 saturated heterocycles. The molecule has 0 bridgehead atoms. The monoisotopic (exact) mass is 497 g/mol. The van der Waals surface area contributed by atoms with E-state index < -0.39 is 0 Å². The molecular formula is C27H23N5O3S. The number of nitrogens with one attached hydrogen (secondary N) is 1. The van der Waals surface area contributed by atoms with Crippen molar-refractivity contribution in [1.29, 1.82) is 0 Å². The Balaban J connectivity index is 1.30. The van der Waals surface area contributed by atoms with Crippen LogP contribution in [0.4, 0.5) is 0 Å². The Kier molecular flexibility index (Phi) is 5.90. The van der Waals surface area contributed by atoms with E-state index in [1.807, 2.05) is 83.3 Å². The molecule has 1 atom stereocenters. The summed E-state index contributed by atoms with van der Waals surface area (Å²) in [6, 6.07) is 24.9. The molecule has 1 aliphatic heterocycles. The first-order chi connectivity index (χ1) is 17.7. The van der Waals surface area contributed by atoms with Crippen LogP contribution >= 0.6 is 11.8 Å². The third-order valence-corrected chi connectivity index (χ3v) is 7.22. The van der Waals surface area contributed by atoms with Gasteiger partial charge in [0.1, 0.15) is 5.75 Å². The fourth-order valence-corrected chi connectivity index (χ4v) is 5.34. The molecule has 36 heavy (non-hydrogen) atoms. The Morgan fingerprint density at radius 3 is 2.67 bits per heavy atom. The van der Waals surface area contributed by atoms with E-state index in [4.69, 9.17) is 4.74 Å². The fourth-order valence-electron chi connectivity index (χ4n) is 4.59. The highest BCUT2D eigenvalue weighted by Crippen LogP contribution is 2.31. The van der Waals surface area contributed by atoms with Crippen molar-refractivity contribution in [2.75, 3.05) is 12.4 Å². The lowest BCUT2D eigenvalue weighted by Crippen LogP contribution is -2.33. The second-order valence-corrected chi connectivity index (χ2v) is 9.54. The Morgan fingerprint density at radius 2 is 1.78 bits per heavy atom. The highest BCUT2D eigenvalue weighted by Gasteiger charge is 2.23. The Hall–Kier alpha value is -4.11. The van der Waals surface area contributed by atoms with Gasteiger partial charge in [-0.1, -0.05) is 72.4 Å². The summed E-state index contributed by atoms with van der Waals surface area (Å²) in [4.78, 5) is 26.2. The molecule has 180 valence electrons. The van der Waals surface area contributed by atoms with Crippen molar-refractivity contribution in [1.82, 2.24) is 24.5 Å². The smallest absolute Gasteiger partial charge is 0.263 e. The standard InChI is InChI=1S/C27H23N5O3S/c33-24(28-21-14-15-35-23-13-7-5-10-19(21)23)17-36-27-30-29-26-31(16-18-8-2-1-3-9-18)25(34)20-11-4-6-12-22(20)32(26)27/h1-13,21H,14-17H2,(H,28,33). The third-order valence-electron chi connectivity index (χ3n) is 6.29. The number of carbonyl (C=O) groups excluding carboxylic acids is 1. The molecule has 1 amide bonds. The van der Waals surface area contributed by atoms with Gasteiger partial charge in [-0.3, -0.25) is 18.6 Å². The van der Waals surface area contributed by atoms with Gasteiger partial charge in [-0.2, -0.15) is 0 Å². The van der Waals surface area contributed by atoms with E-state index in [1.54, 1.807) is 4.57 Å². The summed E-state index contributed by atoms with van der Waals surface area (Å²) in [5.74, 6) is 1.34. The van der Waals surface area contributed by atoms with E-state index in [0.717, 1.165) is 23.3 Å². The van der Waals surface area contributed by atoms with E-state index >= 15 is 0 Å². The number of amides is 1. The normalized spacial score (nSPS) is 14.9. The maximum Gasteiger partial charge on any atom is 0.263 e. The summed E-state index contributed by atoms with van der Waals surface area (Å²) in [6.07, 6.45) is 0.720. The number of fused-ring (bicyclic) bond motifs is 4. The van der Waals surface area contributed by atoms with Crippen LogP contribution in [0.5, 0.6) is 5.75 Å². The topological polar surface area (TPSA) is 90.5 Å². The van der Waals surface area contributed by atoms with Crippen molar-refractivity contribution in [3.8, 4) is 5.75 Å². The van der Waals surface area contributed by atoms with E-state index in [9.17, 15) is 9.59 Å². The zero-order valence-electron chi connectivity index (χ0n) is 19.3. The lowest BCUT2D eigenvalue weighted by atomic mass is 10.0. The quantitative estimate of drug-likeness (QED) is 0.359. The van der Waals surface area contributed by atoms with Gasteiger partial charge in [0, 0.05) is 12.0 Å². The van der Waals surface area contributed by atoms with Gasteiger partial charge in [0.25, 0.3) is 5.56 Å². The van der Waals surface area contributed by atoms with Crippen molar-refractivity contribution >= 4 is 34.3 Å². The molecule has 6 rings (SSSR count). The molecule has 1 N–H and O–H groups in total. The average Bonchev–Trinajstić information content (AvgIpc) is 3.35. The van der Waals surface area contributed by atoms with Gasteiger partial charge in [0.15, 0.2) is 5.16 Å². The third kappa shape index (κ3) is 4.11. The van der Waals surface area contributed by atoms with Gasteiger partial charge in [-0.05, 0) is 23.8 Å². The molecule has 3 heterocycles. The van der Waals surface area contributed by atoms with Gasteiger partial charge in [0.2, 0.25) is 11.7 Å². The van der Waals surface area contributed by atoms with E-state index in [0.29, 0.717) is 35.0 Å². The highest BCUT2D eigenvalue weighted by atomic mass is 32.2. The van der Waals surface area contributed by atoms with Crippen LogP contribution in [0.25, 0.3) is 16.7 Å². The molecule has 0 spiro atoms. The summed E-state index contributed by atoms with van der Waals surface area (Å²) in [6.45, 7) is 0.940. The van der Waals surface area contributed by atoms with Crippen LogP contribution in [0.15, 0.2) is 88.8 Å². The number of nitrogens with zero attached hydrogens (tertiary/aromatic N) is 4. The fraction of sp³-hybridized carbons (Fsp3) is 0.185. The molecule has 9 heteroatoms. The Labute approximate surface area is 210 Å². The molecule has 8 nitrogen and oxygen atoms in total. The van der Waals surface area contributed by atoms with Crippen LogP contribution < -0.4 is 15.6 Å². The first kappa shape index (κ1) is 22.4. The van der Waals surface area contributed by atoms with Crippen molar-refractivity contribution in [2.45, 2.75) is 24.2 Å². The minimum atomic E-state index is -0.123. The van der Waals surface area contributed by atoms with E-state index in [1.165, 1.54) is 11.8 Å². The molecule has 5 aromatic rings. The number of rotatable bonds is 6. The van der Waals surface area contributed by atoms with Crippen LogP contribution in [0.2, 0.25) is 0 Å². The summed E-state index contributed by atoms with van der Waals surface area (Å²) < 4.78 is 9.20. The molecule has 0 radical (unpaired) electrons. The van der Waals surface area contributed by atoms with Crippen molar-refractivity contribution in [3.63, 3.8) is 0 Å². The number of para-hydroxylation sites is 2. The number of aromatic nitrogens is 4. The van der Waals surface area contributed by atoms with Crippen LogP contribution in [-0.2, 0) is 11.3 Å². The SMILES string of the molecule is O=C(CSc1nnc2n(Cc3ccccc3)c(=O)c3ccccc3n12)NC1CCOc2ccccc21. The average molecular weight is 498 g/mol. The molecule has 1 unspecified atom stereocenters. The van der Waals surface area contributed by atoms with Gasteiger partial charge in [-0.25, -0.2) is 0 Å². The van der Waals surface area contributed by atoms with Crippen LogP contribution in [0.1, 0.15) is 23.6 Å². The van der Waals surface area contributed by atoms with Crippen molar-refractivity contribution in [2.24, 2.45) is 0 Å². The second kappa shape index (κ2) is 9.50. The number of thioether (sulfide) groups is 1. The molecule has 0 fully saturated rings. The highest BCUT2D eigenvalue weighted by molar-refractivity contribution is 7.99. The van der Waals surface area contributed by atoms with E-state index in [-0.39, 0.29) is 23.3 Å². The van der Waals surface area contributed by atoms with E-state index in [2.05, 4.69) is 15.5 Å². The summed E-state index contributed by atoms with van der Waals surface area (Å²) >= 11 is 1.30. The minimum absolute atomic E-state index is 0.0879. The molecule has 0 saturated carbocycles. The maximum absolute atomic E-state index is 13.3. The summed E-state index contributed by atoms with van der Waals surface area (Å²) in [5.41, 5.74) is 2.57. The summed E-state index contributed by atoms with van der Waals surface area (Å²) in [5, 5.41) is 13.0. The predicted octanol–water partition coefficient (Wildman–Crippen LogP) is 3.82. The largest absolute Gasteiger partial charge is 0.493 e.